The average Bonchev–Trinajstić information content (AvgIpc) is 2.47. The number of rotatable bonds is 2. The van der Waals surface area contributed by atoms with Gasteiger partial charge in [0.15, 0.2) is 6.29 Å². The first-order chi connectivity index (χ1) is 10.1. The maximum Gasteiger partial charge on any atom is 0.198 e. The lowest BCUT2D eigenvalue weighted by atomic mass is 9.91. The van der Waals surface area contributed by atoms with Crippen LogP contribution in [0.25, 0.3) is 6.08 Å². The predicted octanol–water partition coefficient (Wildman–Crippen LogP) is 4.89. The van der Waals surface area contributed by atoms with Gasteiger partial charge in [-0.3, -0.25) is 0 Å². The van der Waals surface area contributed by atoms with Gasteiger partial charge in [-0.15, -0.1) is 0 Å². The third-order valence-electron chi connectivity index (χ3n) is 3.47. The topological polar surface area (TPSA) is 29.5 Å². The van der Waals surface area contributed by atoms with Crippen LogP contribution in [0.2, 0.25) is 10.0 Å². The Morgan fingerprint density at radius 2 is 1.90 bits per heavy atom. The molecule has 1 heterocycles. The molecule has 0 fully saturated rings. The van der Waals surface area contributed by atoms with Crippen molar-refractivity contribution in [2.24, 2.45) is 0 Å². The summed E-state index contributed by atoms with van der Waals surface area (Å²) in [5, 5.41) is 10.9. The maximum atomic E-state index is 9.87. The van der Waals surface area contributed by atoms with E-state index in [2.05, 4.69) is 0 Å². The lowest BCUT2D eigenvalue weighted by Gasteiger charge is -2.28. The molecule has 1 aliphatic heterocycles. The molecule has 21 heavy (non-hydrogen) atoms. The van der Waals surface area contributed by atoms with E-state index < -0.39 is 6.29 Å². The van der Waals surface area contributed by atoms with Crippen LogP contribution in [0.15, 0.2) is 48.5 Å². The highest BCUT2D eigenvalue weighted by Crippen LogP contribution is 2.43. The van der Waals surface area contributed by atoms with Gasteiger partial charge in [-0.2, -0.15) is 0 Å². The fourth-order valence-electron chi connectivity index (χ4n) is 2.48. The van der Waals surface area contributed by atoms with E-state index >= 15 is 0 Å². The van der Waals surface area contributed by atoms with Crippen LogP contribution < -0.4 is 4.74 Å². The number of hydrogen-bond donors (Lipinski definition) is 1. The van der Waals surface area contributed by atoms with Gasteiger partial charge in [0.05, 0.1) is 5.02 Å². The number of hydrogen-bond acceptors (Lipinski definition) is 2. The first kappa shape index (κ1) is 14.5. The molecule has 3 rings (SSSR count). The van der Waals surface area contributed by atoms with Crippen molar-refractivity contribution in [3.05, 3.63) is 69.7 Å². The lowest BCUT2D eigenvalue weighted by molar-refractivity contribution is -0.0352. The molecule has 0 bridgehead atoms. The molecule has 0 saturated carbocycles. The van der Waals surface area contributed by atoms with Crippen LogP contribution in [0.5, 0.6) is 5.75 Å². The molecule has 0 aromatic heterocycles. The SMILES string of the molecule is O[C@H]1CC(C=Cc2ccccc2)c2cc(Cl)cc(Cl)c2O1. The van der Waals surface area contributed by atoms with Crippen molar-refractivity contribution in [3.8, 4) is 5.75 Å². The highest BCUT2D eigenvalue weighted by molar-refractivity contribution is 6.35. The summed E-state index contributed by atoms with van der Waals surface area (Å²) in [4.78, 5) is 0. The van der Waals surface area contributed by atoms with Crippen molar-refractivity contribution < 1.29 is 9.84 Å². The summed E-state index contributed by atoms with van der Waals surface area (Å²) < 4.78 is 5.43. The molecule has 1 N–H and O–H groups in total. The molecule has 0 saturated heterocycles. The number of aliphatic hydroxyl groups is 1. The van der Waals surface area contributed by atoms with Crippen LogP contribution in [-0.2, 0) is 0 Å². The molecule has 2 aromatic carbocycles. The van der Waals surface area contributed by atoms with E-state index in [-0.39, 0.29) is 5.92 Å². The van der Waals surface area contributed by atoms with Crippen molar-refractivity contribution in [1.82, 2.24) is 0 Å². The Kier molecular flexibility index (Phi) is 4.20. The third-order valence-corrected chi connectivity index (χ3v) is 3.97. The zero-order valence-electron chi connectivity index (χ0n) is 11.2. The zero-order chi connectivity index (χ0) is 14.8. The van der Waals surface area contributed by atoms with E-state index in [1.807, 2.05) is 48.6 Å². The zero-order valence-corrected chi connectivity index (χ0v) is 12.7. The van der Waals surface area contributed by atoms with E-state index in [1.165, 1.54) is 0 Å². The molecule has 0 amide bonds. The number of allylic oxidation sites excluding steroid dienone is 1. The quantitative estimate of drug-likeness (QED) is 0.853. The van der Waals surface area contributed by atoms with Gasteiger partial charge in [-0.25, -0.2) is 0 Å². The Labute approximate surface area is 133 Å². The van der Waals surface area contributed by atoms with E-state index in [4.69, 9.17) is 27.9 Å². The van der Waals surface area contributed by atoms with Gasteiger partial charge in [0.1, 0.15) is 5.75 Å². The van der Waals surface area contributed by atoms with Crippen molar-refractivity contribution in [2.45, 2.75) is 18.6 Å². The van der Waals surface area contributed by atoms with Crippen LogP contribution in [0.1, 0.15) is 23.5 Å². The first-order valence-electron chi connectivity index (χ1n) is 6.70. The molecular weight excluding hydrogens is 307 g/mol. The molecule has 1 unspecified atom stereocenters. The van der Waals surface area contributed by atoms with Crippen LogP contribution >= 0.6 is 23.2 Å². The molecule has 2 atom stereocenters. The van der Waals surface area contributed by atoms with Crippen LogP contribution in [0, 0.1) is 0 Å². The normalized spacial score (nSPS) is 21.1. The second-order valence-corrected chi connectivity index (χ2v) is 5.83. The summed E-state index contributed by atoms with van der Waals surface area (Å²) in [5.74, 6) is 0.530. The van der Waals surface area contributed by atoms with Crippen LogP contribution in [0.4, 0.5) is 0 Å². The fourth-order valence-corrected chi connectivity index (χ4v) is 3.04. The fraction of sp³-hybridized carbons (Fsp3) is 0.176. The van der Waals surface area contributed by atoms with Gasteiger partial charge in [-0.05, 0) is 17.7 Å². The minimum absolute atomic E-state index is 0.0140. The van der Waals surface area contributed by atoms with Gasteiger partial charge in [0.2, 0.25) is 0 Å². The molecular formula is C17H14Cl2O2. The van der Waals surface area contributed by atoms with Crippen LogP contribution in [-0.4, -0.2) is 11.4 Å². The van der Waals surface area contributed by atoms with E-state index in [0.717, 1.165) is 11.1 Å². The van der Waals surface area contributed by atoms with Crippen LogP contribution in [0.3, 0.4) is 0 Å². The number of aliphatic hydroxyl groups excluding tert-OH is 1. The summed E-state index contributed by atoms with van der Waals surface area (Å²) in [5.41, 5.74) is 2.01. The molecule has 1 aliphatic rings. The highest BCUT2D eigenvalue weighted by Gasteiger charge is 2.27. The number of halogens is 2. The minimum atomic E-state index is -0.860. The standard InChI is InChI=1S/C17H14Cl2O2/c18-13-9-14-12(7-6-11-4-2-1-3-5-11)8-16(20)21-17(14)15(19)10-13/h1-7,9-10,12,16,20H,8H2/t12?,16-/m1/s1. The summed E-state index contributed by atoms with van der Waals surface area (Å²) in [6.07, 6.45) is 3.70. The number of fused-ring (bicyclic) bond motifs is 1. The van der Waals surface area contributed by atoms with E-state index in [9.17, 15) is 5.11 Å². The Hall–Kier alpha value is -1.48. The second-order valence-electron chi connectivity index (χ2n) is 4.99. The second kappa shape index (κ2) is 6.10. The molecule has 2 aromatic rings. The predicted molar refractivity (Wildman–Crippen MR) is 85.9 cm³/mol. The van der Waals surface area contributed by atoms with Crippen molar-refractivity contribution >= 4 is 29.3 Å². The monoisotopic (exact) mass is 320 g/mol. The van der Waals surface area contributed by atoms with Gasteiger partial charge in [-0.1, -0.05) is 65.7 Å². The van der Waals surface area contributed by atoms with Crippen molar-refractivity contribution in [3.63, 3.8) is 0 Å². The summed E-state index contributed by atoms with van der Waals surface area (Å²) in [6, 6.07) is 13.5. The Morgan fingerprint density at radius 1 is 1.14 bits per heavy atom. The number of benzene rings is 2. The molecule has 108 valence electrons. The van der Waals surface area contributed by atoms with Crippen molar-refractivity contribution in [1.29, 1.82) is 0 Å². The third kappa shape index (κ3) is 3.24. The minimum Gasteiger partial charge on any atom is -0.463 e. The van der Waals surface area contributed by atoms with Gasteiger partial charge < -0.3 is 9.84 Å². The van der Waals surface area contributed by atoms with Gasteiger partial charge in [0.25, 0.3) is 0 Å². The van der Waals surface area contributed by atoms with E-state index in [1.54, 1.807) is 6.07 Å². The Bertz CT molecular complexity index is 668. The highest BCUT2D eigenvalue weighted by atomic mass is 35.5. The first-order valence-corrected chi connectivity index (χ1v) is 7.46. The Balaban J connectivity index is 1.96. The molecule has 0 spiro atoms. The Morgan fingerprint density at radius 3 is 2.67 bits per heavy atom. The molecule has 0 aliphatic carbocycles. The lowest BCUT2D eigenvalue weighted by Crippen LogP contribution is -2.24. The molecule has 0 radical (unpaired) electrons. The molecule has 2 nitrogen and oxygen atoms in total. The van der Waals surface area contributed by atoms with E-state index in [0.29, 0.717) is 22.2 Å². The van der Waals surface area contributed by atoms with Crippen molar-refractivity contribution in [2.75, 3.05) is 0 Å². The summed E-state index contributed by atoms with van der Waals surface area (Å²) >= 11 is 12.2. The largest absolute Gasteiger partial charge is 0.463 e. The maximum absolute atomic E-state index is 9.87. The number of ether oxygens (including phenoxy) is 1. The smallest absolute Gasteiger partial charge is 0.198 e. The van der Waals surface area contributed by atoms with Gasteiger partial charge in [0, 0.05) is 22.9 Å². The average molecular weight is 321 g/mol. The summed E-state index contributed by atoms with van der Waals surface area (Å²) in [6.45, 7) is 0. The molecule has 4 heteroatoms. The van der Waals surface area contributed by atoms with Gasteiger partial charge >= 0.3 is 0 Å². The summed E-state index contributed by atoms with van der Waals surface area (Å²) in [7, 11) is 0.